The second-order valence-corrected chi connectivity index (χ2v) is 9.56. The molecule has 1 aromatic carbocycles. The van der Waals surface area contributed by atoms with Gasteiger partial charge < -0.3 is 15.2 Å². The molecule has 7 nitrogen and oxygen atoms in total. The number of nitrogens with zero attached hydrogens (tertiary/aromatic N) is 2. The first-order valence-electron chi connectivity index (χ1n) is 8.83. The monoisotopic (exact) mass is 418 g/mol. The first-order valence-corrected chi connectivity index (χ1v) is 11.0. The van der Waals surface area contributed by atoms with E-state index in [2.05, 4.69) is 15.3 Å². The molecule has 1 saturated heterocycles. The van der Waals surface area contributed by atoms with Crippen LogP contribution in [0.15, 0.2) is 36.7 Å². The summed E-state index contributed by atoms with van der Waals surface area (Å²) in [5, 5.41) is 4.61. The van der Waals surface area contributed by atoms with Crippen molar-refractivity contribution in [1.29, 1.82) is 0 Å². The number of amides is 1. The number of aryl methyl sites for hydroxylation is 1. The molecule has 28 heavy (non-hydrogen) atoms. The quantitative estimate of drug-likeness (QED) is 0.681. The highest BCUT2D eigenvalue weighted by atomic mass is 35.5. The van der Waals surface area contributed by atoms with Gasteiger partial charge in [0.2, 0.25) is 0 Å². The lowest BCUT2D eigenvalue weighted by Crippen LogP contribution is -2.43. The zero-order valence-electron chi connectivity index (χ0n) is 15.2. The first kappa shape index (κ1) is 18.8. The third kappa shape index (κ3) is 3.57. The smallest absolute Gasteiger partial charge is 0.256 e. The van der Waals surface area contributed by atoms with Crippen LogP contribution >= 0.6 is 11.6 Å². The molecule has 4 rings (SSSR count). The maximum Gasteiger partial charge on any atom is 0.256 e. The predicted octanol–water partition coefficient (Wildman–Crippen LogP) is 3.14. The molecule has 9 heteroatoms. The normalized spacial score (nSPS) is 16.3. The molecule has 1 aliphatic rings. The van der Waals surface area contributed by atoms with E-state index in [0.717, 1.165) is 16.6 Å². The minimum Gasteiger partial charge on any atom is -0.358 e. The molecule has 0 spiro atoms. The molecule has 3 aromatic rings. The van der Waals surface area contributed by atoms with E-state index in [-0.39, 0.29) is 30.5 Å². The van der Waals surface area contributed by atoms with Gasteiger partial charge >= 0.3 is 0 Å². The number of anilines is 2. The maximum atomic E-state index is 13.0. The average Bonchev–Trinajstić information content (AvgIpc) is 3.04. The van der Waals surface area contributed by atoms with Gasteiger partial charge in [0.25, 0.3) is 5.91 Å². The van der Waals surface area contributed by atoms with E-state index in [9.17, 15) is 13.2 Å². The topological polar surface area (TPSA) is 95.2 Å². The molecule has 0 radical (unpaired) electrons. The van der Waals surface area contributed by atoms with Crippen LogP contribution in [0.1, 0.15) is 15.9 Å². The third-order valence-corrected chi connectivity index (χ3v) is 6.70. The van der Waals surface area contributed by atoms with Crippen molar-refractivity contribution < 1.29 is 13.2 Å². The van der Waals surface area contributed by atoms with Gasteiger partial charge in [0.15, 0.2) is 15.7 Å². The van der Waals surface area contributed by atoms with Gasteiger partial charge in [-0.2, -0.15) is 0 Å². The summed E-state index contributed by atoms with van der Waals surface area (Å²) in [6.07, 6.45) is 3.37. The number of H-pyrrole nitrogens is 1. The van der Waals surface area contributed by atoms with Crippen molar-refractivity contribution in [2.24, 2.45) is 0 Å². The summed E-state index contributed by atoms with van der Waals surface area (Å²) >= 11 is 6.05. The molecular weight excluding hydrogens is 400 g/mol. The second kappa shape index (κ2) is 7.10. The van der Waals surface area contributed by atoms with E-state index in [1.807, 2.05) is 25.3 Å². The average molecular weight is 419 g/mol. The minimum atomic E-state index is -3.05. The van der Waals surface area contributed by atoms with Crippen LogP contribution in [0.5, 0.6) is 0 Å². The molecule has 0 atom stereocenters. The second-order valence-electron chi connectivity index (χ2n) is 6.82. The Morgan fingerprint density at radius 3 is 2.75 bits per heavy atom. The van der Waals surface area contributed by atoms with E-state index in [1.165, 1.54) is 0 Å². The van der Waals surface area contributed by atoms with Crippen LogP contribution in [0.25, 0.3) is 10.9 Å². The number of rotatable bonds is 3. The number of carbonyl (C=O) groups excluding carboxylic acids is 1. The van der Waals surface area contributed by atoms with E-state index < -0.39 is 9.84 Å². The number of aromatic nitrogens is 2. The van der Waals surface area contributed by atoms with Gasteiger partial charge in [0, 0.05) is 41.6 Å². The van der Waals surface area contributed by atoms with Crippen LogP contribution in [0.2, 0.25) is 5.02 Å². The number of carbonyl (C=O) groups is 1. The fraction of sp³-hybridized carbons (Fsp3) is 0.263. The van der Waals surface area contributed by atoms with Crippen molar-refractivity contribution in [3.8, 4) is 0 Å². The number of halogens is 1. The molecule has 1 fully saturated rings. The molecule has 3 heterocycles. The summed E-state index contributed by atoms with van der Waals surface area (Å²) < 4.78 is 23.3. The van der Waals surface area contributed by atoms with Crippen molar-refractivity contribution >= 4 is 49.8 Å². The molecule has 2 N–H and O–H groups in total. The highest BCUT2D eigenvalue weighted by Crippen LogP contribution is 2.30. The summed E-state index contributed by atoms with van der Waals surface area (Å²) in [6, 6.07) is 7.29. The summed E-state index contributed by atoms with van der Waals surface area (Å²) in [7, 11) is -3.05. The van der Waals surface area contributed by atoms with Crippen LogP contribution < -0.4 is 5.32 Å². The highest BCUT2D eigenvalue weighted by molar-refractivity contribution is 7.91. The van der Waals surface area contributed by atoms with Crippen LogP contribution in [0.3, 0.4) is 0 Å². The minimum absolute atomic E-state index is 0.00413. The lowest BCUT2D eigenvalue weighted by molar-refractivity contribution is 0.0772. The van der Waals surface area contributed by atoms with Crippen molar-refractivity contribution in [2.45, 2.75) is 6.92 Å². The SMILES string of the molecule is Cc1c[nH]c2c(Nc3cccc(Cl)c3)ncc(C(=O)N3CCS(=O)(=O)CC3)c12. The number of hydrogen-bond donors (Lipinski definition) is 2. The van der Waals surface area contributed by atoms with Crippen LogP contribution in [-0.2, 0) is 9.84 Å². The third-order valence-electron chi connectivity index (χ3n) is 4.86. The summed E-state index contributed by atoms with van der Waals surface area (Å²) in [6.45, 7) is 2.32. The molecule has 0 unspecified atom stereocenters. The summed E-state index contributed by atoms with van der Waals surface area (Å²) in [5.41, 5.74) is 2.88. The van der Waals surface area contributed by atoms with E-state index in [4.69, 9.17) is 11.6 Å². The number of nitrogens with one attached hydrogen (secondary N) is 2. The summed E-state index contributed by atoms with van der Waals surface area (Å²) in [5.74, 6) is 0.374. The number of pyridine rings is 1. The Kier molecular flexibility index (Phi) is 4.76. The zero-order chi connectivity index (χ0) is 19.9. The lowest BCUT2D eigenvalue weighted by Gasteiger charge is -2.27. The number of aromatic amines is 1. The lowest BCUT2D eigenvalue weighted by atomic mass is 10.1. The van der Waals surface area contributed by atoms with Crippen LogP contribution in [0, 0.1) is 6.92 Å². The van der Waals surface area contributed by atoms with Gasteiger partial charge in [-0.25, -0.2) is 13.4 Å². The Bertz CT molecular complexity index is 1160. The Morgan fingerprint density at radius 1 is 1.29 bits per heavy atom. The molecule has 2 aromatic heterocycles. The number of sulfone groups is 1. The Labute approximate surface area is 167 Å². The first-order chi connectivity index (χ1) is 13.3. The van der Waals surface area contributed by atoms with E-state index >= 15 is 0 Å². The van der Waals surface area contributed by atoms with Crippen molar-refractivity contribution in [1.82, 2.24) is 14.9 Å². The van der Waals surface area contributed by atoms with Crippen molar-refractivity contribution in [3.63, 3.8) is 0 Å². The van der Waals surface area contributed by atoms with E-state index in [0.29, 0.717) is 21.9 Å². The molecule has 0 bridgehead atoms. The molecule has 0 aliphatic carbocycles. The van der Waals surface area contributed by atoms with Crippen LogP contribution in [0.4, 0.5) is 11.5 Å². The number of benzene rings is 1. The molecular formula is C19H19ClN4O3S. The molecule has 1 amide bonds. The van der Waals surface area contributed by atoms with Gasteiger partial charge in [0.1, 0.15) is 0 Å². The molecule has 1 aliphatic heterocycles. The van der Waals surface area contributed by atoms with Crippen LogP contribution in [-0.4, -0.2) is 53.8 Å². The largest absolute Gasteiger partial charge is 0.358 e. The number of hydrogen-bond acceptors (Lipinski definition) is 5. The molecule has 0 saturated carbocycles. The zero-order valence-corrected chi connectivity index (χ0v) is 16.8. The highest BCUT2D eigenvalue weighted by Gasteiger charge is 2.28. The fourth-order valence-electron chi connectivity index (χ4n) is 3.36. The van der Waals surface area contributed by atoms with Crippen molar-refractivity contribution in [2.75, 3.05) is 29.9 Å². The van der Waals surface area contributed by atoms with E-state index in [1.54, 1.807) is 23.2 Å². The Balaban J connectivity index is 1.69. The van der Waals surface area contributed by atoms with Gasteiger partial charge in [-0.15, -0.1) is 0 Å². The Hall–Kier alpha value is -2.58. The fourth-order valence-corrected chi connectivity index (χ4v) is 4.75. The maximum absolute atomic E-state index is 13.0. The van der Waals surface area contributed by atoms with Gasteiger partial charge in [-0.1, -0.05) is 17.7 Å². The Morgan fingerprint density at radius 2 is 2.04 bits per heavy atom. The summed E-state index contributed by atoms with van der Waals surface area (Å²) in [4.78, 5) is 22.2. The number of fused-ring (bicyclic) bond motifs is 1. The van der Waals surface area contributed by atoms with Gasteiger partial charge in [-0.3, -0.25) is 4.79 Å². The van der Waals surface area contributed by atoms with Gasteiger partial charge in [0.05, 0.1) is 22.6 Å². The van der Waals surface area contributed by atoms with Gasteiger partial charge in [-0.05, 0) is 30.7 Å². The van der Waals surface area contributed by atoms with Crippen molar-refractivity contribution in [3.05, 3.63) is 52.8 Å². The predicted molar refractivity (Wildman–Crippen MR) is 110 cm³/mol. The molecule has 146 valence electrons. The standard InChI is InChI=1S/C19H19ClN4O3S/c1-12-10-21-17-16(12)15(19(25)24-5-7-28(26,27)8-6-24)11-22-18(17)23-14-4-2-3-13(20)9-14/h2-4,9-11,21H,5-8H2,1H3,(H,22,23).